The molecule has 0 aliphatic heterocycles. The Morgan fingerprint density at radius 3 is 2.61 bits per heavy atom. The van der Waals surface area contributed by atoms with E-state index in [0.29, 0.717) is 6.42 Å². The summed E-state index contributed by atoms with van der Waals surface area (Å²) in [6.07, 6.45) is 2.11. The van der Waals surface area contributed by atoms with E-state index in [4.69, 9.17) is 0 Å². The third-order valence-corrected chi connectivity index (χ3v) is 3.82. The molecule has 0 atom stereocenters. The van der Waals surface area contributed by atoms with Crippen molar-refractivity contribution in [3.05, 3.63) is 54.4 Å². The smallest absolute Gasteiger partial charge is 0.228 e. The van der Waals surface area contributed by atoms with Gasteiger partial charge < -0.3 is 14.8 Å². The molecule has 0 saturated carbocycles. The van der Waals surface area contributed by atoms with Crippen LogP contribution in [0.25, 0.3) is 11.0 Å². The number of aromatic nitrogens is 2. The maximum Gasteiger partial charge on any atom is 0.228 e. The van der Waals surface area contributed by atoms with Gasteiger partial charge in [0.15, 0.2) is 0 Å². The van der Waals surface area contributed by atoms with E-state index in [0.717, 1.165) is 28.0 Å². The third kappa shape index (κ3) is 3.34. The van der Waals surface area contributed by atoms with Gasteiger partial charge in [0.1, 0.15) is 0 Å². The van der Waals surface area contributed by atoms with E-state index in [-0.39, 0.29) is 5.91 Å². The van der Waals surface area contributed by atoms with E-state index in [1.54, 1.807) is 6.33 Å². The van der Waals surface area contributed by atoms with Crippen molar-refractivity contribution in [1.29, 1.82) is 0 Å². The number of aryl methyl sites for hydroxylation is 1. The van der Waals surface area contributed by atoms with E-state index >= 15 is 0 Å². The first-order chi connectivity index (χ1) is 11.0. The fourth-order valence-corrected chi connectivity index (χ4v) is 2.53. The number of hydrogen-bond donors (Lipinski definition) is 1. The van der Waals surface area contributed by atoms with Crippen LogP contribution in [0.4, 0.5) is 11.4 Å². The minimum Gasteiger partial charge on any atom is -0.378 e. The zero-order chi connectivity index (χ0) is 16.4. The van der Waals surface area contributed by atoms with Crippen molar-refractivity contribution in [2.45, 2.75) is 6.42 Å². The van der Waals surface area contributed by atoms with E-state index in [1.807, 2.05) is 73.1 Å². The van der Waals surface area contributed by atoms with Gasteiger partial charge in [-0.2, -0.15) is 0 Å². The van der Waals surface area contributed by atoms with Gasteiger partial charge in [-0.15, -0.1) is 0 Å². The molecule has 1 amide bonds. The Bertz CT molecular complexity index is 834. The highest BCUT2D eigenvalue weighted by atomic mass is 16.1. The zero-order valence-corrected chi connectivity index (χ0v) is 13.6. The number of rotatable bonds is 4. The van der Waals surface area contributed by atoms with Crippen LogP contribution in [0.15, 0.2) is 48.8 Å². The molecule has 0 bridgehead atoms. The molecule has 0 fully saturated rings. The molecule has 0 aliphatic carbocycles. The Morgan fingerprint density at radius 2 is 1.91 bits per heavy atom. The first-order valence-corrected chi connectivity index (χ1v) is 7.50. The summed E-state index contributed by atoms with van der Waals surface area (Å²) >= 11 is 0. The highest BCUT2D eigenvalue weighted by molar-refractivity contribution is 5.93. The minimum atomic E-state index is -0.0297. The van der Waals surface area contributed by atoms with Gasteiger partial charge >= 0.3 is 0 Å². The molecular weight excluding hydrogens is 288 g/mol. The van der Waals surface area contributed by atoms with Gasteiger partial charge in [0, 0.05) is 32.5 Å². The average Bonchev–Trinajstić information content (AvgIpc) is 2.88. The van der Waals surface area contributed by atoms with Gasteiger partial charge in [0.25, 0.3) is 0 Å². The Hall–Kier alpha value is -2.82. The van der Waals surface area contributed by atoms with Crippen molar-refractivity contribution in [1.82, 2.24) is 9.55 Å². The molecular formula is C18H20N4O. The molecule has 1 heterocycles. The van der Waals surface area contributed by atoms with E-state index < -0.39 is 0 Å². The number of amides is 1. The summed E-state index contributed by atoms with van der Waals surface area (Å²) in [5, 5.41) is 2.93. The number of nitrogens with one attached hydrogen (secondary N) is 1. The van der Waals surface area contributed by atoms with E-state index in [2.05, 4.69) is 10.3 Å². The van der Waals surface area contributed by atoms with Crippen molar-refractivity contribution < 1.29 is 4.79 Å². The SMILES string of the molecule is CN(C)c1ccc(NC(=O)Cc2ccc3c(c2)ncn3C)cc1. The molecule has 3 rings (SSSR count). The highest BCUT2D eigenvalue weighted by Crippen LogP contribution is 2.17. The van der Waals surface area contributed by atoms with Crippen LogP contribution in [0.2, 0.25) is 0 Å². The van der Waals surface area contributed by atoms with E-state index in [1.165, 1.54) is 0 Å². The maximum absolute atomic E-state index is 12.2. The summed E-state index contributed by atoms with van der Waals surface area (Å²) < 4.78 is 1.96. The second-order valence-electron chi connectivity index (χ2n) is 5.84. The van der Waals surface area contributed by atoms with Crippen LogP contribution in [0.3, 0.4) is 0 Å². The Morgan fingerprint density at radius 1 is 1.17 bits per heavy atom. The number of fused-ring (bicyclic) bond motifs is 1. The van der Waals surface area contributed by atoms with Crippen LogP contribution in [0.5, 0.6) is 0 Å². The van der Waals surface area contributed by atoms with Gasteiger partial charge in [-0.25, -0.2) is 4.98 Å². The standard InChI is InChI=1S/C18H20N4O/c1-21(2)15-7-5-14(6-8-15)20-18(23)11-13-4-9-17-16(10-13)19-12-22(17)3/h4-10,12H,11H2,1-3H3,(H,20,23). The molecule has 0 unspecified atom stereocenters. The molecule has 5 nitrogen and oxygen atoms in total. The van der Waals surface area contributed by atoms with Gasteiger partial charge in [-0.1, -0.05) is 6.07 Å². The van der Waals surface area contributed by atoms with E-state index in [9.17, 15) is 4.79 Å². The van der Waals surface area contributed by atoms with Gasteiger partial charge in [0.2, 0.25) is 5.91 Å². The second-order valence-corrected chi connectivity index (χ2v) is 5.84. The van der Waals surface area contributed by atoms with Crippen LogP contribution in [0.1, 0.15) is 5.56 Å². The zero-order valence-electron chi connectivity index (χ0n) is 13.6. The highest BCUT2D eigenvalue weighted by Gasteiger charge is 2.07. The third-order valence-electron chi connectivity index (χ3n) is 3.82. The summed E-state index contributed by atoms with van der Waals surface area (Å²) in [6, 6.07) is 13.7. The summed E-state index contributed by atoms with van der Waals surface area (Å²) in [4.78, 5) is 18.5. The second kappa shape index (κ2) is 6.12. The fraction of sp³-hybridized carbons (Fsp3) is 0.222. The number of benzene rings is 2. The molecule has 5 heteroatoms. The summed E-state index contributed by atoms with van der Waals surface area (Å²) in [6.45, 7) is 0. The fourth-order valence-electron chi connectivity index (χ4n) is 2.53. The van der Waals surface area contributed by atoms with Crippen LogP contribution >= 0.6 is 0 Å². The molecule has 0 radical (unpaired) electrons. The Kier molecular flexibility index (Phi) is 4.02. The largest absolute Gasteiger partial charge is 0.378 e. The van der Waals surface area contributed by atoms with Crippen molar-refractivity contribution >= 4 is 28.3 Å². The summed E-state index contributed by atoms with van der Waals surface area (Å²) in [5.41, 5.74) is 4.84. The maximum atomic E-state index is 12.2. The predicted octanol–water partition coefficient (Wildman–Crippen LogP) is 2.82. The van der Waals surface area contributed by atoms with Gasteiger partial charge in [-0.05, 0) is 42.0 Å². The van der Waals surface area contributed by atoms with Gasteiger partial charge in [0.05, 0.1) is 23.8 Å². The minimum absolute atomic E-state index is 0.0297. The first-order valence-electron chi connectivity index (χ1n) is 7.50. The summed E-state index contributed by atoms with van der Waals surface area (Å²) in [5.74, 6) is -0.0297. The van der Waals surface area contributed by atoms with Crippen LogP contribution in [0, 0.1) is 0 Å². The number of imidazole rings is 1. The molecule has 3 aromatic rings. The van der Waals surface area contributed by atoms with Crippen LogP contribution < -0.4 is 10.2 Å². The van der Waals surface area contributed by atoms with Crippen LogP contribution in [-0.2, 0) is 18.3 Å². The monoisotopic (exact) mass is 308 g/mol. The number of hydrogen-bond acceptors (Lipinski definition) is 3. The van der Waals surface area contributed by atoms with Crippen molar-refractivity contribution in [3.63, 3.8) is 0 Å². The number of carbonyl (C=O) groups is 1. The molecule has 1 N–H and O–H groups in total. The number of anilines is 2. The lowest BCUT2D eigenvalue weighted by molar-refractivity contribution is -0.115. The first kappa shape index (κ1) is 15.1. The summed E-state index contributed by atoms with van der Waals surface area (Å²) in [7, 11) is 5.93. The molecule has 0 saturated heterocycles. The number of nitrogens with zero attached hydrogens (tertiary/aromatic N) is 3. The molecule has 0 spiro atoms. The lowest BCUT2D eigenvalue weighted by atomic mass is 10.1. The van der Waals surface area contributed by atoms with Crippen molar-refractivity contribution in [2.75, 3.05) is 24.3 Å². The average molecular weight is 308 g/mol. The molecule has 0 aliphatic rings. The lowest BCUT2D eigenvalue weighted by Crippen LogP contribution is -2.14. The molecule has 23 heavy (non-hydrogen) atoms. The topological polar surface area (TPSA) is 50.2 Å². The van der Waals surface area contributed by atoms with Crippen molar-refractivity contribution in [2.24, 2.45) is 7.05 Å². The Labute approximate surface area is 135 Å². The van der Waals surface area contributed by atoms with Crippen LogP contribution in [-0.4, -0.2) is 29.6 Å². The molecule has 118 valence electrons. The lowest BCUT2D eigenvalue weighted by Gasteiger charge is -2.13. The number of carbonyl (C=O) groups excluding carboxylic acids is 1. The van der Waals surface area contributed by atoms with Gasteiger partial charge in [-0.3, -0.25) is 4.79 Å². The van der Waals surface area contributed by atoms with Crippen molar-refractivity contribution in [3.8, 4) is 0 Å². The Balaban J connectivity index is 1.68. The molecule has 1 aromatic heterocycles. The predicted molar refractivity (Wildman–Crippen MR) is 93.8 cm³/mol. The molecule has 2 aromatic carbocycles. The quantitative estimate of drug-likeness (QED) is 0.806. The normalized spacial score (nSPS) is 10.7.